The molecule has 0 spiro atoms. The van der Waals surface area contributed by atoms with Gasteiger partial charge >= 0.3 is 0 Å². The standard InChI is InChI=1S/C12H14O/c1-2-13-12-8-11(9-12)10-6-4-3-5-7-10/h3-8,12H,2,9H2,1H3. The normalized spacial score (nSPS) is 20.7. The van der Waals surface area contributed by atoms with Crippen LogP contribution in [-0.4, -0.2) is 12.7 Å². The predicted molar refractivity (Wildman–Crippen MR) is 54.5 cm³/mol. The third kappa shape index (κ3) is 1.81. The van der Waals surface area contributed by atoms with Crippen molar-refractivity contribution in [2.24, 2.45) is 0 Å². The third-order valence-corrected chi connectivity index (χ3v) is 2.33. The second-order valence-electron chi connectivity index (χ2n) is 3.26. The van der Waals surface area contributed by atoms with Crippen molar-refractivity contribution in [1.29, 1.82) is 0 Å². The summed E-state index contributed by atoms with van der Waals surface area (Å²) >= 11 is 0. The molecule has 0 amide bonds. The molecule has 1 aliphatic carbocycles. The maximum atomic E-state index is 5.45. The van der Waals surface area contributed by atoms with E-state index in [1.807, 2.05) is 13.0 Å². The first-order valence-corrected chi connectivity index (χ1v) is 4.78. The lowest BCUT2D eigenvalue weighted by molar-refractivity contribution is 0.0910. The van der Waals surface area contributed by atoms with E-state index in [4.69, 9.17) is 4.74 Å². The highest BCUT2D eigenvalue weighted by atomic mass is 16.5. The molecule has 0 saturated carbocycles. The van der Waals surface area contributed by atoms with Crippen LogP contribution in [0.5, 0.6) is 0 Å². The fourth-order valence-corrected chi connectivity index (χ4v) is 1.60. The van der Waals surface area contributed by atoms with E-state index < -0.39 is 0 Å². The van der Waals surface area contributed by atoms with Crippen LogP contribution < -0.4 is 0 Å². The van der Waals surface area contributed by atoms with Crippen LogP contribution >= 0.6 is 0 Å². The highest BCUT2D eigenvalue weighted by molar-refractivity contribution is 5.71. The van der Waals surface area contributed by atoms with Gasteiger partial charge in [0.05, 0.1) is 6.10 Å². The summed E-state index contributed by atoms with van der Waals surface area (Å²) in [4.78, 5) is 0. The van der Waals surface area contributed by atoms with Crippen LogP contribution in [-0.2, 0) is 4.74 Å². The molecule has 0 heterocycles. The summed E-state index contributed by atoms with van der Waals surface area (Å²) in [5, 5.41) is 0. The summed E-state index contributed by atoms with van der Waals surface area (Å²) in [6.07, 6.45) is 3.64. The molecule has 0 aliphatic heterocycles. The highest BCUT2D eigenvalue weighted by Crippen LogP contribution is 2.30. The lowest BCUT2D eigenvalue weighted by Gasteiger charge is -2.25. The molecule has 1 atom stereocenters. The summed E-state index contributed by atoms with van der Waals surface area (Å²) in [5.74, 6) is 0. The number of hydrogen-bond donors (Lipinski definition) is 0. The SMILES string of the molecule is CCOC1C=C(c2ccccc2)C1. The molecule has 68 valence electrons. The van der Waals surface area contributed by atoms with Crippen LogP contribution in [0.2, 0.25) is 0 Å². The van der Waals surface area contributed by atoms with Gasteiger partial charge in [-0.15, -0.1) is 0 Å². The van der Waals surface area contributed by atoms with Crippen LogP contribution in [0.15, 0.2) is 36.4 Å². The van der Waals surface area contributed by atoms with E-state index >= 15 is 0 Å². The Balaban J connectivity index is 2.03. The molecule has 1 unspecified atom stereocenters. The Bertz CT molecular complexity index is 300. The van der Waals surface area contributed by atoms with Crippen LogP contribution in [0.4, 0.5) is 0 Å². The zero-order valence-electron chi connectivity index (χ0n) is 7.86. The molecule has 1 nitrogen and oxygen atoms in total. The summed E-state index contributed by atoms with van der Waals surface area (Å²) < 4.78 is 5.45. The van der Waals surface area contributed by atoms with Crippen LogP contribution in [0.3, 0.4) is 0 Å². The highest BCUT2D eigenvalue weighted by Gasteiger charge is 2.19. The first kappa shape index (κ1) is 8.52. The zero-order valence-corrected chi connectivity index (χ0v) is 7.86. The number of hydrogen-bond acceptors (Lipinski definition) is 1. The Morgan fingerprint density at radius 3 is 2.62 bits per heavy atom. The average Bonchev–Trinajstić information content (AvgIpc) is 2.12. The minimum absolute atomic E-state index is 0.361. The van der Waals surface area contributed by atoms with Crippen molar-refractivity contribution in [3.8, 4) is 0 Å². The van der Waals surface area contributed by atoms with Gasteiger partial charge in [-0.2, -0.15) is 0 Å². The maximum absolute atomic E-state index is 5.45. The first-order chi connectivity index (χ1) is 6.40. The van der Waals surface area contributed by atoms with Crippen molar-refractivity contribution in [1.82, 2.24) is 0 Å². The smallest absolute Gasteiger partial charge is 0.0801 e. The van der Waals surface area contributed by atoms with E-state index in [0.717, 1.165) is 13.0 Å². The Hall–Kier alpha value is -1.08. The molecule has 2 rings (SSSR count). The largest absolute Gasteiger partial charge is 0.374 e. The van der Waals surface area contributed by atoms with Gasteiger partial charge in [-0.1, -0.05) is 36.4 Å². The van der Waals surface area contributed by atoms with Crippen molar-refractivity contribution in [2.45, 2.75) is 19.4 Å². The van der Waals surface area contributed by atoms with E-state index in [0.29, 0.717) is 6.10 Å². The molecule has 0 aromatic heterocycles. The molecule has 1 aliphatic rings. The Morgan fingerprint density at radius 2 is 2.00 bits per heavy atom. The predicted octanol–water partition coefficient (Wildman–Crippen LogP) is 2.88. The molecule has 1 aromatic rings. The van der Waals surface area contributed by atoms with Gasteiger partial charge in [0.25, 0.3) is 0 Å². The first-order valence-electron chi connectivity index (χ1n) is 4.78. The van der Waals surface area contributed by atoms with E-state index in [9.17, 15) is 0 Å². The fraction of sp³-hybridized carbons (Fsp3) is 0.333. The third-order valence-electron chi connectivity index (χ3n) is 2.33. The Morgan fingerprint density at radius 1 is 1.31 bits per heavy atom. The van der Waals surface area contributed by atoms with Crippen molar-refractivity contribution in [3.63, 3.8) is 0 Å². The molecule has 1 heteroatoms. The summed E-state index contributed by atoms with van der Waals surface area (Å²) in [6, 6.07) is 10.5. The molecular weight excluding hydrogens is 160 g/mol. The van der Waals surface area contributed by atoms with Crippen molar-refractivity contribution >= 4 is 5.57 Å². The zero-order chi connectivity index (χ0) is 9.10. The Labute approximate surface area is 79.0 Å². The maximum Gasteiger partial charge on any atom is 0.0801 e. The van der Waals surface area contributed by atoms with Gasteiger partial charge in [-0.3, -0.25) is 0 Å². The second-order valence-corrected chi connectivity index (χ2v) is 3.26. The van der Waals surface area contributed by atoms with Gasteiger partial charge in [0.2, 0.25) is 0 Å². The number of benzene rings is 1. The fourth-order valence-electron chi connectivity index (χ4n) is 1.60. The minimum atomic E-state index is 0.361. The monoisotopic (exact) mass is 174 g/mol. The summed E-state index contributed by atoms with van der Waals surface area (Å²) in [7, 11) is 0. The summed E-state index contributed by atoms with van der Waals surface area (Å²) in [5.41, 5.74) is 2.75. The van der Waals surface area contributed by atoms with Gasteiger partial charge in [0.15, 0.2) is 0 Å². The molecule has 0 saturated heterocycles. The molecule has 0 bridgehead atoms. The number of rotatable bonds is 3. The number of ether oxygens (including phenoxy) is 1. The van der Waals surface area contributed by atoms with E-state index in [2.05, 4.69) is 30.3 Å². The van der Waals surface area contributed by atoms with Gasteiger partial charge in [0, 0.05) is 13.0 Å². The second kappa shape index (κ2) is 3.75. The molecule has 13 heavy (non-hydrogen) atoms. The van der Waals surface area contributed by atoms with Crippen LogP contribution in [0.25, 0.3) is 5.57 Å². The lowest BCUT2D eigenvalue weighted by Crippen LogP contribution is -2.18. The van der Waals surface area contributed by atoms with Crippen molar-refractivity contribution in [3.05, 3.63) is 42.0 Å². The molecule has 0 radical (unpaired) electrons. The summed E-state index contributed by atoms with van der Waals surface area (Å²) in [6.45, 7) is 2.84. The van der Waals surface area contributed by atoms with E-state index in [1.165, 1.54) is 11.1 Å². The van der Waals surface area contributed by atoms with Gasteiger partial charge in [0.1, 0.15) is 0 Å². The van der Waals surface area contributed by atoms with Gasteiger partial charge < -0.3 is 4.74 Å². The topological polar surface area (TPSA) is 9.23 Å². The van der Waals surface area contributed by atoms with Crippen molar-refractivity contribution < 1.29 is 4.74 Å². The van der Waals surface area contributed by atoms with Gasteiger partial charge in [-0.25, -0.2) is 0 Å². The minimum Gasteiger partial charge on any atom is -0.374 e. The average molecular weight is 174 g/mol. The van der Waals surface area contributed by atoms with Crippen LogP contribution in [0.1, 0.15) is 18.9 Å². The van der Waals surface area contributed by atoms with Crippen molar-refractivity contribution in [2.75, 3.05) is 6.61 Å². The lowest BCUT2D eigenvalue weighted by atomic mass is 9.89. The van der Waals surface area contributed by atoms with E-state index in [1.54, 1.807) is 0 Å². The van der Waals surface area contributed by atoms with Gasteiger partial charge in [-0.05, 0) is 18.1 Å². The van der Waals surface area contributed by atoms with E-state index in [-0.39, 0.29) is 0 Å². The quantitative estimate of drug-likeness (QED) is 0.684. The molecular formula is C12H14O. The van der Waals surface area contributed by atoms with Crippen LogP contribution in [0, 0.1) is 0 Å². The molecule has 1 aromatic carbocycles. The molecule has 0 N–H and O–H groups in total. The molecule has 0 fully saturated rings. The Kier molecular flexibility index (Phi) is 2.46.